The Morgan fingerprint density at radius 1 is 1.03 bits per heavy atom. The molecule has 36 heavy (non-hydrogen) atoms. The number of nitrogens with one attached hydrogen (secondary N) is 1. The Morgan fingerprint density at radius 2 is 1.86 bits per heavy atom. The van der Waals surface area contributed by atoms with Gasteiger partial charge in [-0.3, -0.25) is 14.5 Å². The van der Waals surface area contributed by atoms with Crippen molar-refractivity contribution in [2.75, 3.05) is 10.2 Å². The summed E-state index contributed by atoms with van der Waals surface area (Å²) in [5.41, 5.74) is 3.83. The maximum atomic E-state index is 14.0. The highest BCUT2D eigenvalue weighted by molar-refractivity contribution is 7.10. The summed E-state index contributed by atoms with van der Waals surface area (Å²) < 4.78 is 5.66. The maximum absolute atomic E-state index is 14.0. The lowest BCUT2D eigenvalue weighted by atomic mass is 9.80. The van der Waals surface area contributed by atoms with Gasteiger partial charge in [0.2, 0.25) is 5.91 Å². The number of hydrogen-bond acceptors (Lipinski definition) is 5. The number of para-hydroxylation sites is 2. The minimum atomic E-state index is -0.578. The molecule has 0 unspecified atom stereocenters. The van der Waals surface area contributed by atoms with Gasteiger partial charge in [-0.05, 0) is 59.8 Å². The standard InChI is InChI=1S/C29H23ClN2O3S/c30-20-11-9-18(10-12-20)29-28-23(15-19(16-25(28)33)26-8-3-13-35-26)31-22-6-1-2-7-24(22)32(29)27(34)17-21-5-4-14-36-21/h1-14,19,29,31H,15-17H2/t19-,29+/m0/s1. The zero-order chi connectivity index (χ0) is 24.6. The van der Waals surface area contributed by atoms with Gasteiger partial charge in [0.05, 0.1) is 30.1 Å². The van der Waals surface area contributed by atoms with Gasteiger partial charge in [-0.1, -0.05) is 41.9 Å². The lowest BCUT2D eigenvalue weighted by Gasteiger charge is -2.35. The highest BCUT2D eigenvalue weighted by Crippen LogP contribution is 2.47. The van der Waals surface area contributed by atoms with Gasteiger partial charge < -0.3 is 9.73 Å². The fraction of sp³-hybridized carbons (Fsp3) is 0.172. The van der Waals surface area contributed by atoms with Gasteiger partial charge in [0.1, 0.15) is 5.76 Å². The number of furan rings is 1. The van der Waals surface area contributed by atoms with Crippen LogP contribution in [0.2, 0.25) is 5.02 Å². The Morgan fingerprint density at radius 3 is 2.61 bits per heavy atom. The van der Waals surface area contributed by atoms with Crippen molar-refractivity contribution in [1.82, 2.24) is 0 Å². The molecule has 7 heteroatoms. The van der Waals surface area contributed by atoms with Gasteiger partial charge in [-0.2, -0.15) is 0 Å². The first-order chi connectivity index (χ1) is 17.6. The normalized spacial score (nSPS) is 19.4. The van der Waals surface area contributed by atoms with Crippen molar-refractivity contribution >= 4 is 46.0 Å². The molecule has 2 aromatic carbocycles. The molecule has 180 valence electrons. The molecule has 0 radical (unpaired) electrons. The number of Topliss-reactive ketones (excluding diaryl/α,β-unsaturated/α-hetero) is 1. The van der Waals surface area contributed by atoms with E-state index in [-0.39, 0.29) is 24.0 Å². The molecule has 4 aromatic rings. The molecule has 2 aromatic heterocycles. The van der Waals surface area contributed by atoms with Crippen molar-refractivity contribution in [3.63, 3.8) is 0 Å². The number of carbonyl (C=O) groups is 2. The zero-order valence-electron chi connectivity index (χ0n) is 19.3. The van der Waals surface area contributed by atoms with Crippen molar-refractivity contribution in [1.29, 1.82) is 0 Å². The predicted molar refractivity (Wildman–Crippen MR) is 142 cm³/mol. The van der Waals surface area contributed by atoms with Gasteiger partial charge in [0.15, 0.2) is 5.78 Å². The summed E-state index contributed by atoms with van der Waals surface area (Å²) in [5, 5.41) is 6.11. The molecule has 2 atom stereocenters. The largest absolute Gasteiger partial charge is 0.469 e. The van der Waals surface area contributed by atoms with E-state index < -0.39 is 6.04 Å². The van der Waals surface area contributed by atoms with Gasteiger partial charge in [0.25, 0.3) is 0 Å². The number of fused-ring (bicyclic) bond motifs is 1. The second-order valence-corrected chi connectivity index (χ2v) is 10.5. The minimum Gasteiger partial charge on any atom is -0.469 e. The molecule has 5 nitrogen and oxygen atoms in total. The molecular weight excluding hydrogens is 492 g/mol. The molecule has 1 aliphatic carbocycles. The van der Waals surface area contributed by atoms with Gasteiger partial charge in [-0.25, -0.2) is 0 Å². The van der Waals surface area contributed by atoms with Crippen molar-refractivity contribution in [2.45, 2.75) is 31.2 Å². The van der Waals surface area contributed by atoms with Crippen LogP contribution in [0.1, 0.15) is 41.0 Å². The average molecular weight is 515 g/mol. The van der Waals surface area contributed by atoms with Crippen LogP contribution in [0.5, 0.6) is 0 Å². The second-order valence-electron chi connectivity index (χ2n) is 9.05. The number of ketones is 1. The van der Waals surface area contributed by atoms with E-state index >= 15 is 0 Å². The molecule has 0 fully saturated rings. The number of halogens is 1. The third kappa shape index (κ3) is 4.16. The molecule has 0 saturated heterocycles. The number of carbonyl (C=O) groups excluding carboxylic acids is 2. The van der Waals surface area contributed by atoms with Crippen LogP contribution in [-0.2, 0) is 16.0 Å². The highest BCUT2D eigenvalue weighted by Gasteiger charge is 2.42. The SMILES string of the molecule is O=C1C[C@@H](c2ccco2)CC2=C1[C@@H](c1ccc(Cl)cc1)N(C(=O)Cc1cccs1)c1ccccc1N2. The summed E-state index contributed by atoms with van der Waals surface area (Å²) in [6, 6.07) is 22.3. The van der Waals surface area contributed by atoms with Gasteiger partial charge in [0, 0.05) is 33.5 Å². The number of rotatable bonds is 4. The first kappa shape index (κ1) is 22.8. The van der Waals surface area contributed by atoms with Gasteiger partial charge >= 0.3 is 0 Å². The van der Waals surface area contributed by atoms with Crippen LogP contribution < -0.4 is 10.2 Å². The number of amides is 1. The molecule has 1 N–H and O–H groups in total. The number of benzene rings is 2. The lowest BCUT2D eigenvalue weighted by molar-refractivity contribution is -0.118. The Labute approximate surface area is 218 Å². The van der Waals surface area contributed by atoms with Crippen LogP contribution >= 0.6 is 22.9 Å². The Bertz CT molecular complexity index is 1440. The molecule has 3 heterocycles. The number of hydrogen-bond donors (Lipinski definition) is 1. The average Bonchev–Trinajstić information content (AvgIpc) is 3.57. The summed E-state index contributed by atoms with van der Waals surface area (Å²) >= 11 is 7.77. The Kier molecular flexibility index (Phi) is 5.99. The summed E-state index contributed by atoms with van der Waals surface area (Å²) in [7, 11) is 0. The molecular formula is C29H23ClN2O3S. The van der Waals surface area contributed by atoms with Crippen LogP contribution in [0.25, 0.3) is 0 Å². The van der Waals surface area contributed by atoms with E-state index in [0.29, 0.717) is 23.4 Å². The molecule has 2 aliphatic rings. The monoisotopic (exact) mass is 514 g/mol. The fourth-order valence-corrected chi connectivity index (χ4v) is 6.02. The third-order valence-corrected chi connectivity index (χ3v) is 7.92. The summed E-state index contributed by atoms with van der Waals surface area (Å²) in [6.45, 7) is 0. The van der Waals surface area contributed by atoms with E-state index in [1.165, 1.54) is 0 Å². The van der Waals surface area contributed by atoms with Crippen LogP contribution in [0, 0.1) is 0 Å². The van der Waals surface area contributed by atoms with Crippen molar-refractivity contribution < 1.29 is 14.0 Å². The zero-order valence-corrected chi connectivity index (χ0v) is 20.9. The Balaban J connectivity index is 1.53. The molecule has 1 amide bonds. The smallest absolute Gasteiger partial charge is 0.233 e. The second kappa shape index (κ2) is 9.45. The quantitative estimate of drug-likeness (QED) is 0.314. The molecule has 0 saturated carbocycles. The van der Waals surface area contributed by atoms with E-state index in [1.54, 1.807) is 22.5 Å². The van der Waals surface area contributed by atoms with Gasteiger partial charge in [-0.15, -0.1) is 11.3 Å². The molecule has 1 aliphatic heterocycles. The summed E-state index contributed by atoms with van der Waals surface area (Å²) in [6.07, 6.45) is 2.82. The Hall–Kier alpha value is -3.61. The topological polar surface area (TPSA) is 62.6 Å². The highest BCUT2D eigenvalue weighted by atomic mass is 35.5. The number of nitrogens with zero attached hydrogens (tertiary/aromatic N) is 1. The van der Waals surface area contributed by atoms with E-state index in [2.05, 4.69) is 5.32 Å². The van der Waals surface area contributed by atoms with E-state index in [9.17, 15) is 9.59 Å². The first-order valence-corrected chi connectivity index (χ1v) is 13.1. The van der Waals surface area contributed by atoms with Crippen LogP contribution in [0.4, 0.5) is 11.4 Å². The fourth-order valence-electron chi connectivity index (χ4n) is 5.20. The summed E-state index contributed by atoms with van der Waals surface area (Å²) in [5.74, 6) is 0.668. The number of thiophene rings is 1. The van der Waals surface area contributed by atoms with E-state index in [1.807, 2.05) is 78.2 Å². The van der Waals surface area contributed by atoms with Crippen molar-refractivity contribution in [2.24, 2.45) is 0 Å². The van der Waals surface area contributed by atoms with E-state index in [4.69, 9.17) is 16.0 Å². The van der Waals surface area contributed by atoms with Crippen molar-refractivity contribution in [3.05, 3.63) is 117 Å². The molecule has 6 rings (SSSR count). The van der Waals surface area contributed by atoms with Crippen LogP contribution in [-0.4, -0.2) is 11.7 Å². The lowest BCUT2D eigenvalue weighted by Crippen LogP contribution is -2.39. The summed E-state index contributed by atoms with van der Waals surface area (Å²) in [4.78, 5) is 30.6. The number of allylic oxidation sites excluding steroid dienone is 1. The third-order valence-electron chi connectivity index (χ3n) is 6.79. The molecule has 0 spiro atoms. The molecule has 0 bridgehead atoms. The maximum Gasteiger partial charge on any atom is 0.233 e. The van der Waals surface area contributed by atoms with Crippen LogP contribution in [0.15, 0.2) is 100 Å². The minimum absolute atomic E-state index is 0.00632. The van der Waals surface area contributed by atoms with Crippen molar-refractivity contribution in [3.8, 4) is 0 Å². The van der Waals surface area contributed by atoms with Crippen LogP contribution in [0.3, 0.4) is 0 Å². The number of anilines is 2. The first-order valence-electron chi connectivity index (χ1n) is 11.8. The predicted octanol–water partition coefficient (Wildman–Crippen LogP) is 7.14. The van der Waals surface area contributed by atoms with E-state index in [0.717, 1.165) is 33.3 Å².